The fraction of sp³-hybridized carbons (Fsp3) is 0.160. The van der Waals surface area contributed by atoms with Gasteiger partial charge in [0, 0.05) is 24.2 Å². The molecule has 1 heterocycles. The van der Waals surface area contributed by atoms with E-state index < -0.39 is 28.7 Å². The van der Waals surface area contributed by atoms with Gasteiger partial charge in [-0.15, -0.1) is 0 Å². The number of carbonyl (C=O) groups is 3. The Kier molecular flexibility index (Phi) is 5.99. The van der Waals surface area contributed by atoms with Gasteiger partial charge in [-0.2, -0.15) is 0 Å². The molecule has 0 N–H and O–H groups in total. The third-order valence-electron chi connectivity index (χ3n) is 5.55. The number of nitrogens with zero attached hydrogens (tertiary/aromatic N) is 3. The van der Waals surface area contributed by atoms with E-state index in [1.165, 1.54) is 29.2 Å². The van der Waals surface area contributed by atoms with E-state index in [2.05, 4.69) is 0 Å². The van der Waals surface area contributed by atoms with Crippen LogP contribution in [0.3, 0.4) is 0 Å². The lowest BCUT2D eigenvalue weighted by molar-refractivity contribution is -0.384. The summed E-state index contributed by atoms with van der Waals surface area (Å²) in [5.74, 6) is -1.46. The molecule has 33 heavy (non-hydrogen) atoms. The van der Waals surface area contributed by atoms with Gasteiger partial charge in [0.1, 0.15) is 6.04 Å². The van der Waals surface area contributed by atoms with E-state index >= 15 is 0 Å². The molecule has 1 saturated heterocycles. The Labute approximate surface area is 190 Å². The van der Waals surface area contributed by atoms with Crippen molar-refractivity contribution in [1.29, 1.82) is 0 Å². The normalized spacial score (nSPS) is 15.5. The number of carbonyl (C=O) groups excluding carboxylic acids is 3. The number of rotatable bonds is 6. The van der Waals surface area contributed by atoms with Crippen LogP contribution in [0.25, 0.3) is 0 Å². The second kappa shape index (κ2) is 9.04. The van der Waals surface area contributed by atoms with Crippen molar-refractivity contribution in [3.05, 3.63) is 106 Å². The first-order valence-corrected chi connectivity index (χ1v) is 10.4. The van der Waals surface area contributed by atoms with Gasteiger partial charge in [-0.25, -0.2) is 4.90 Å². The number of anilines is 1. The van der Waals surface area contributed by atoms with E-state index in [1.54, 1.807) is 30.3 Å². The fourth-order valence-electron chi connectivity index (χ4n) is 3.84. The van der Waals surface area contributed by atoms with Gasteiger partial charge in [-0.1, -0.05) is 54.1 Å². The summed E-state index contributed by atoms with van der Waals surface area (Å²) in [6.07, 6.45) is -0.166. The second-order valence-electron chi connectivity index (χ2n) is 7.85. The van der Waals surface area contributed by atoms with Gasteiger partial charge in [0.05, 0.1) is 17.0 Å². The molecule has 1 aliphatic heterocycles. The Balaban J connectivity index is 1.71. The van der Waals surface area contributed by atoms with Crippen molar-refractivity contribution in [2.75, 3.05) is 4.90 Å². The number of nitro groups is 1. The smallest absolute Gasteiger partial charge is 0.270 e. The van der Waals surface area contributed by atoms with Crippen LogP contribution in [0, 0.1) is 17.0 Å². The highest BCUT2D eigenvalue weighted by atomic mass is 16.6. The first kappa shape index (κ1) is 21.9. The number of benzene rings is 3. The first-order chi connectivity index (χ1) is 15.8. The molecule has 8 heteroatoms. The van der Waals surface area contributed by atoms with Gasteiger partial charge >= 0.3 is 0 Å². The molecule has 0 saturated carbocycles. The number of para-hydroxylation sites is 1. The average molecular weight is 443 g/mol. The first-order valence-electron chi connectivity index (χ1n) is 10.4. The molecule has 0 aliphatic carbocycles. The second-order valence-corrected chi connectivity index (χ2v) is 7.85. The van der Waals surface area contributed by atoms with E-state index in [0.29, 0.717) is 5.69 Å². The monoisotopic (exact) mass is 443 g/mol. The van der Waals surface area contributed by atoms with Crippen LogP contribution in [0.2, 0.25) is 0 Å². The number of imide groups is 1. The number of aryl methyl sites for hydroxylation is 1. The van der Waals surface area contributed by atoms with Crippen molar-refractivity contribution in [2.24, 2.45) is 0 Å². The van der Waals surface area contributed by atoms with E-state index in [0.717, 1.165) is 16.0 Å². The molecular formula is C25H21N3O5. The molecule has 3 amide bonds. The van der Waals surface area contributed by atoms with Crippen molar-refractivity contribution in [3.8, 4) is 0 Å². The molecule has 4 rings (SSSR count). The summed E-state index contributed by atoms with van der Waals surface area (Å²) in [4.78, 5) is 52.6. The lowest BCUT2D eigenvalue weighted by atomic mass is 10.1. The minimum absolute atomic E-state index is 0.0775. The van der Waals surface area contributed by atoms with Crippen LogP contribution in [0.4, 0.5) is 11.4 Å². The molecular weight excluding hydrogens is 422 g/mol. The largest absolute Gasteiger partial charge is 0.322 e. The molecule has 3 aromatic carbocycles. The summed E-state index contributed by atoms with van der Waals surface area (Å²) >= 11 is 0. The molecule has 1 aliphatic rings. The van der Waals surface area contributed by atoms with Crippen LogP contribution in [0.1, 0.15) is 27.9 Å². The van der Waals surface area contributed by atoms with Crippen LogP contribution in [-0.4, -0.2) is 33.6 Å². The molecule has 8 nitrogen and oxygen atoms in total. The van der Waals surface area contributed by atoms with Gasteiger partial charge in [-0.3, -0.25) is 24.5 Å². The number of amides is 3. The van der Waals surface area contributed by atoms with Crippen LogP contribution in [0.5, 0.6) is 0 Å². The van der Waals surface area contributed by atoms with E-state index in [1.807, 2.05) is 31.2 Å². The highest BCUT2D eigenvalue weighted by Crippen LogP contribution is 2.28. The van der Waals surface area contributed by atoms with Gasteiger partial charge < -0.3 is 4.90 Å². The van der Waals surface area contributed by atoms with Crippen molar-refractivity contribution in [3.63, 3.8) is 0 Å². The summed E-state index contributed by atoms with van der Waals surface area (Å²) < 4.78 is 0. The minimum Gasteiger partial charge on any atom is -0.322 e. The quantitative estimate of drug-likeness (QED) is 0.327. The van der Waals surface area contributed by atoms with Crippen LogP contribution in [-0.2, 0) is 16.1 Å². The molecule has 0 spiro atoms. The predicted molar refractivity (Wildman–Crippen MR) is 121 cm³/mol. The Morgan fingerprint density at radius 2 is 1.73 bits per heavy atom. The Morgan fingerprint density at radius 1 is 1.03 bits per heavy atom. The Morgan fingerprint density at radius 3 is 2.39 bits per heavy atom. The lowest BCUT2D eigenvalue weighted by Gasteiger charge is -2.28. The van der Waals surface area contributed by atoms with Gasteiger partial charge in [0.2, 0.25) is 5.91 Å². The van der Waals surface area contributed by atoms with E-state index in [-0.39, 0.29) is 24.2 Å². The summed E-state index contributed by atoms with van der Waals surface area (Å²) in [5, 5.41) is 11.2. The molecule has 0 aromatic heterocycles. The Hall–Kier alpha value is -4.33. The summed E-state index contributed by atoms with van der Waals surface area (Å²) in [6.45, 7) is 2.01. The molecule has 3 aromatic rings. The maximum atomic E-state index is 13.5. The molecule has 1 atom stereocenters. The van der Waals surface area contributed by atoms with Crippen LogP contribution >= 0.6 is 0 Å². The molecule has 1 fully saturated rings. The summed E-state index contributed by atoms with van der Waals surface area (Å²) in [6, 6.07) is 20.4. The van der Waals surface area contributed by atoms with Crippen molar-refractivity contribution < 1.29 is 19.3 Å². The van der Waals surface area contributed by atoms with Crippen LogP contribution < -0.4 is 4.90 Å². The highest BCUT2D eigenvalue weighted by molar-refractivity contribution is 6.23. The van der Waals surface area contributed by atoms with Crippen molar-refractivity contribution in [2.45, 2.75) is 25.9 Å². The maximum Gasteiger partial charge on any atom is 0.270 e. The van der Waals surface area contributed by atoms with Crippen LogP contribution in [0.15, 0.2) is 78.9 Å². The molecule has 166 valence electrons. The summed E-state index contributed by atoms with van der Waals surface area (Å²) in [5.41, 5.74) is 2.11. The highest BCUT2D eigenvalue weighted by Gasteiger charge is 2.44. The van der Waals surface area contributed by atoms with Gasteiger partial charge in [0.25, 0.3) is 17.5 Å². The number of nitro benzene ring substituents is 1. The minimum atomic E-state index is -1.02. The standard InChI is InChI=1S/C25H21N3O5/c1-17-10-12-18(13-11-17)16-26(24(30)19-6-5-9-21(14-19)28(32)33)22-15-23(29)27(25(22)31)20-7-3-2-4-8-20/h2-14,22H,15-16H2,1H3. The van der Waals surface area contributed by atoms with Crippen molar-refractivity contribution in [1.82, 2.24) is 4.90 Å². The third-order valence-corrected chi connectivity index (χ3v) is 5.55. The predicted octanol–water partition coefficient (Wildman–Crippen LogP) is 3.88. The zero-order valence-corrected chi connectivity index (χ0v) is 17.9. The Bertz CT molecular complexity index is 1220. The van der Waals surface area contributed by atoms with Gasteiger partial charge in [-0.05, 0) is 30.7 Å². The molecule has 0 bridgehead atoms. The topological polar surface area (TPSA) is 101 Å². The SMILES string of the molecule is Cc1ccc(CN(C(=O)c2cccc([N+](=O)[O-])c2)C2CC(=O)N(c3ccccc3)C2=O)cc1. The van der Waals surface area contributed by atoms with Crippen molar-refractivity contribution >= 4 is 29.1 Å². The maximum absolute atomic E-state index is 13.5. The van der Waals surface area contributed by atoms with Gasteiger partial charge in [0.15, 0.2) is 0 Å². The zero-order chi connectivity index (χ0) is 23.5. The average Bonchev–Trinajstić information content (AvgIpc) is 3.12. The number of hydrogen-bond acceptors (Lipinski definition) is 5. The molecule has 0 radical (unpaired) electrons. The number of hydrogen-bond donors (Lipinski definition) is 0. The summed E-state index contributed by atoms with van der Waals surface area (Å²) in [7, 11) is 0. The third kappa shape index (κ3) is 4.50. The molecule has 1 unspecified atom stereocenters. The van der Waals surface area contributed by atoms with E-state index in [9.17, 15) is 24.5 Å². The van der Waals surface area contributed by atoms with E-state index in [4.69, 9.17) is 0 Å². The lowest BCUT2D eigenvalue weighted by Crippen LogP contribution is -2.45. The zero-order valence-electron chi connectivity index (χ0n) is 17.9. The number of non-ortho nitro benzene ring substituents is 1. The fourth-order valence-corrected chi connectivity index (χ4v) is 3.84.